The molecular weight excluding hydrogens is 252 g/mol. The molecule has 0 aliphatic rings. The van der Waals surface area contributed by atoms with E-state index in [9.17, 15) is 0 Å². The summed E-state index contributed by atoms with van der Waals surface area (Å²) in [5, 5.41) is 7.22. The van der Waals surface area contributed by atoms with E-state index < -0.39 is 0 Å². The summed E-state index contributed by atoms with van der Waals surface area (Å²) in [6.07, 6.45) is 5.12. The third-order valence-electron chi connectivity index (χ3n) is 3.22. The number of unbranched alkanes of at least 4 members (excludes halogenated alkanes) is 2. The molecule has 0 radical (unpaired) electrons. The summed E-state index contributed by atoms with van der Waals surface area (Å²) in [6, 6.07) is 10.0. The van der Waals surface area contributed by atoms with Gasteiger partial charge in [0.2, 0.25) is 0 Å². The molecule has 0 amide bonds. The normalized spacial score (nSPS) is 11.1. The maximum Gasteiger partial charge on any atom is 0.170 e. The highest BCUT2D eigenvalue weighted by Gasteiger charge is 2.17. The minimum atomic E-state index is 0.289. The standard InChI is InChI=1S/C16H26N2S/c1-4-5-9-12-16(2,3)13-17-15(19)18-14-10-7-6-8-11-14/h6-8,10-11H,4-5,9,12-13H2,1-3H3,(H2,17,18,19). The lowest BCUT2D eigenvalue weighted by atomic mass is 9.87. The Kier molecular flexibility index (Phi) is 6.85. The van der Waals surface area contributed by atoms with E-state index in [0.717, 1.165) is 12.2 Å². The molecule has 0 atom stereocenters. The zero-order valence-electron chi connectivity index (χ0n) is 12.3. The van der Waals surface area contributed by atoms with Crippen LogP contribution in [-0.4, -0.2) is 11.7 Å². The Morgan fingerprint density at radius 1 is 1.16 bits per heavy atom. The predicted molar refractivity (Wildman–Crippen MR) is 88.6 cm³/mol. The molecule has 0 spiro atoms. The lowest BCUT2D eigenvalue weighted by Gasteiger charge is -2.25. The lowest BCUT2D eigenvalue weighted by Crippen LogP contribution is -2.36. The summed E-state index contributed by atoms with van der Waals surface area (Å²) in [6.45, 7) is 7.74. The molecule has 3 heteroatoms. The van der Waals surface area contributed by atoms with Gasteiger partial charge in [0.25, 0.3) is 0 Å². The van der Waals surface area contributed by atoms with E-state index in [0.29, 0.717) is 5.11 Å². The van der Waals surface area contributed by atoms with Crippen molar-refractivity contribution in [3.05, 3.63) is 30.3 Å². The maximum absolute atomic E-state index is 5.32. The number of hydrogen-bond acceptors (Lipinski definition) is 1. The molecular formula is C16H26N2S. The predicted octanol–water partition coefficient (Wildman–Crippen LogP) is 4.58. The van der Waals surface area contributed by atoms with Gasteiger partial charge in [-0.25, -0.2) is 0 Å². The highest BCUT2D eigenvalue weighted by molar-refractivity contribution is 7.80. The molecule has 1 aromatic carbocycles. The summed E-state index contributed by atoms with van der Waals surface area (Å²) >= 11 is 5.32. The van der Waals surface area contributed by atoms with Gasteiger partial charge in [-0.05, 0) is 36.2 Å². The Morgan fingerprint density at radius 2 is 1.84 bits per heavy atom. The SMILES string of the molecule is CCCCCC(C)(C)CNC(=S)Nc1ccccc1. The van der Waals surface area contributed by atoms with Gasteiger partial charge in [-0.15, -0.1) is 0 Å². The summed E-state index contributed by atoms with van der Waals surface area (Å²) in [5.41, 5.74) is 1.32. The molecule has 0 heterocycles. The molecule has 0 aromatic heterocycles. The second kappa shape index (κ2) is 8.16. The molecule has 19 heavy (non-hydrogen) atoms. The highest BCUT2D eigenvalue weighted by atomic mass is 32.1. The average molecular weight is 278 g/mol. The van der Waals surface area contributed by atoms with Crippen LogP contribution >= 0.6 is 12.2 Å². The summed E-state index contributed by atoms with van der Waals surface area (Å²) < 4.78 is 0. The van der Waals surface area contributed by atoms with Crippen molar-refractivity contribution in [2.45, 2.75) is 46.5 Å². The Morgan fingerprint density at radius 3 is 2.47 bits per heavy atom. The summed E-state index contributed by atoms with van der Waals surface area (Å²) in [7, 11) is 0. The molecule has 0 saturated carbocycles. The van der Waals surface area contributed by atoms with Gasteiger partial charge in [0.1, 0.15) is 0 Å². The molecule has 0 fully saturated rings. The van der Waals surface area contributed by atoms with Crippen molar-refractivity contribution in [2.24, 2.45) is 5.41 Å². The third-order valence-corrected chi connectivity index (χ3v) is 3.46. The fourth-order valence-corrected chi connectivity index (χ4v) is 2.15. The van der Waals surface area contributed by atoms with Crippen LogP contribution in [-0.2, 0) is 0 Å². The first-order valence-electron chi connectivity index (χ1n) is 7.13. The zero-order valence-corrected chi connectivity index (χ0v) is 13.1. The lowest BCUT2D eigenvalue weighted by molar-refractivity contribution is 0.320. The number of hydrogen-bond donors (Lipinski definition) is 2. The van der Waals surface area contributed by atoms with Gasteiger partial charge < -0.3 is 10.6 Å². The van der Waals surface area contributed by atoms with Crippen molar-refractivity contribution >= 4 is 23.0 Å². The van der Waals surface area contributed by atoms with Crippen molar-refractivity contribution in [3.8, 4) is 0 Å². The first kappa shape index (κ1) is 16.0. The van der Waals surface area contributed by atoms with Gasteiger partial charge in [-0.2, -0.15) is 0 Å². The van der Waals surface area contributed by atoms with Gasteiger partial charge in [-0.1, -0.05) is 58.2 Å². The van der Waals surface area contributed by atoms with Crippen molar-refractivity contribution < 1.29 is 0 Å². The van der Waals surface area contributed by atoms with Crippen LogP contribution in [0.5, 0.6) is 0 Å². The zero-order chi connectivity index (χ0) is 14.1. The first-order chi connectivity index (χ1) is 9.03. The van der Waals surface area contributed by atoms with Gasteiger partial charge >= 0.3 is 0 Å². The van der Waals surface area contributed by atoms with Gasteiger partial charge in [0.15, 0.2) is 5.11 Å². The summed E-state index contributed by atoms with van der Waals surface area (Å²) in [4.78, 5) is 0. The van der Waals surface area contributed by atoms with E-state index in [4.69, 9.17) is 12.2 Å². The van der Waals surface area contributed by atoms with Crippen molar-refractivity contribution in [1.29, 1.82) is 0 Å². The quantitative estimate of drug-likeness (QED) is 0.564. The van der Waals surface area contributed by atoms with E-state index in [1.807, 2.05) is 30.3 Å². The Labute approximate surface area is 123 Å². The second-order valence-electron chi connectivity index (χ2n) is 5.80. The van der Waals surface area contributed by atoms with Crippen LogP contribution in [0.3, 0.4) is 0 Å². The fourth-order valence-electron chi connectivity index (χ4n) is 1.96. The number of nitrogens with one attached hydrogen (secondary N) is 2. The minimum absolute atomic E-state index is 0.289. The second-order valence-corrected chi connectivity index (χ2v) is 6.20. The third kappa shape index (κ3) is 7.16. The summed E-state index contributed by atoms with van der Waals surface area (Å²) in [5.74, 6) is 0. The molecule has 0 saturated heterocycles. The van der Waals surface area contributed by atoms with Crippen molar-refractivity contribution in [3.63, 3.8) is 0 Å². The van der Waals surface area contributed by atoms with E-state index in [2.05, 4.69) is 31.4 Å². The van der Waals surface area contributed by atoms with Crippen molar-refractivity contribution in [1.82, 2.24) is 5.32 Å². The molecule has 1 aromatic rings. The van der Waals surface area contributed by atoms with Gasteiger partial charge in [0.05, 0.1) is 0 Å². The average Bonchev–Trinajstić information content (AvgIpc) is 2.38. The number of anilines is 1. The van der Waals surface area contributed by atoms with Crippen LogP contribution in [0.2, 0.25) is 0 Å². The Hall–Kier alpha value is -1.09. The first-order valence-corrected chi connectivity index (χ1v) is 7.54. The number of rotatable bonds is 7. The Bertz CT molecular complexity index is 374. The fraction of sp³-hybridized carbons (Fsp3) is 0.562. The Balaban J connectivity index is 2.29. The van der Waals surface area contributed by atoms with E-state index in [1.54, 1.807) is 0 Å². The largest absolute Gasteiger partial charge is 0.362 e. The van der Waals surface area contributed by atoms with Crippen LogP contribution in [0.4, 0.5) is 5.69 Å². The van der Waals surface area contributed by atoms with Crippen LogP contribution in [0.25, 0.3) is 0 Å². The topological polar surface area (TPSA) is 24.1 Å². The van der Waals surface area contributed by atoms with Crippen LogP contribution < -0.4 is 10.6 Å². The van der Waals surface area contributed by atoms with Gasteiger partial charge in [0, 0.05) is 12.2 Å². The number of benzene rings is 1. The van der Waals surface area contributed by atoms with Gasteiger partial charge in [-0.3, -0.25) is 0 Å². The number of thiocarbonyl (C=S) groups is 1. The van der Waals surface area contributed by atoms with E-state index >= 15 is 0 Å². The molecule has 106 valence electrons. The van der Waals surface area contributed by atoms with E-state index in [-0.39, 0.29) is 5.41 Å². The smallest absolute Gasteiger partial charge is 0.170 e. The molecule has 0 aliphatic heterocycles. The maximum atomic E-state index is 5.32. The molecule has 1 rings (SSSR count). The molecule has 2 nitrogen and oxygen atoms in total. The van der Waals surface area contributed by atoms with Crippen molar-refractivity contribution in [2.75, 3.05) is 11.9 Å². The molecule has 0 bridgehead atoms. The van der Waals surface area contributed by atoms with E-state index in [1.165, 1.54) is 25.7 Å². The van der Waals surface area contributed by atoms with Crippen LogP contribution in [0.15, 0.2) is 30.3 Å². The monoisotopic (exact) mass is 278 g/mol. The van der Waals surface area contributed by atoms with Crippen LogP contribution in [0, 0.1) is 5.41 Å². The number of para-hydroxylation sites is 1. The van der Waals surface area contributed by atoms with Crippen LogP contribution in [0.1, 0.15) is 46.5 Å². The molecule has 0 unspecified atom stereocenters. The molecule has 0 aliphatic carbocycles. The molecule has 2 N–H and O–H groups in total. The highest BCUT2D eigenvalue weighted by Crippen LogP contribution is 2.22. The minimum Gasteiger partial charge on any atom is -0.362 e.